The quantitative estimate of drug-likeness (QED) is 0.382. The van der Waals surface area contributed by atoms with Crippen LogP contribution in [0.3, 0.4) is 0 Å². The fraction of sp³-hybridized carbons (Fsp3) is 0.625. The van der Waals surface area contributed by atoms with Gasteiger partial charge in [-0.1, -0.05) is 6.07 Å². The van der Waals surface area contributed by atoms with Crippen molar-refractivity contribution in [1.82, 2.24) is 0 Å². The van der Waals surface area contributed by atoms with Gasteiger partial charge in [0.05, 0.1) is 12.7 Å². The fourth-order valence-corrected chi connectivity index (χ4v) is 2.48. The Morgan fingerprint density at radius 3 is 2.46 bits per heavy atom. The highest BCUT2D eigenvalue weighted by Gasteiger charge is 2.44. The van der Waals surface area contributed by atoms with E-state index in [1.807, 2.05) is 0 Å². The van der Waals surface area contributed by atoms with Crippen molar-refractivity contribution in [1.29, 1.82) is 0 Å². The maximum atomic E-state index is 10.0. The second-order valence-electron chi connectivity index (χ2n) is 6.00. The molecule has 6 atom stereocenters. The zero-order valence-electron chi connectivity index (χ0n) is 13.3. The van der Waals surface area contributed by atoms with Crippen LogP contribution in [0.5, 0.6) is 11.5 Å². The number of rotatable bonds is 6. The van der Waals surface area contributed by atoms with Crippen molar-refractivity contribution in [3.63, 3.8) is 0 Å². The number of aliphatic hydroxyl groups excluding tert-OH is 5. The lowest BCUT2D eigenvalue weighted by molar-refractivity contribution is -0.277. The van der Waals surface area contributed by atoms with E-state index in [2.05, 4.69) is 0 Å². The normalized spacial score (nSPS) is 31.7. The molecule has 0 spiro atoms. The molecule has 0 bridgehead atoms. The third-order valence-corrected chi connectivity index (χ3v) is 3.97. The Balaban J connectivity index is 2.07. The first kappa shape index (κ1) is 18.9. The van der Waals surface area contributed by atoms with Gasteiger partial charge in [0.1, 0.15) is 24.4 Å². The minimum atomic E-state index is -1.55. The molecular weight excluding hydrogens is 320 g/mol. The van der Waals surface area contributed by atoms with Crippen LogP contribution in [0.15, 0.2) is 18.2 Å². The molecule has 8 nitrogen and oxygen atoms in total. The molecular formula is C16H24O8. The molecule has 1 aromatic carbocycles. The second kappa shape index (κ2) is 8.11. The maximum absolute atomic E-state index is 10.0. The molecule has 0 aromatic heterocycles. The summed E-state index contributed by atoms with van der Waals surface area (Å²) in [6, 6.07) is 4.65. The predicted molar refractivity (Wildman–Crippen MR) is 82.5 cm³/mol. The van der Waals surface area contributed by atoms with Gasteiger partial charge < -0.3 is 40.1 Å². The molecule has 1 saturated heterocycles. The van der Waals surface area contributed by atoms with Gasteiger partial charge in [-0.05, 0) is 37.5 Å². The van der Waals surface area contributed by atoms with Gasteiger partial charge in [0.25, 0.3) is 0 Å². The molecule has 6 N–H and O–H groups in total. The van der Waals surface area contributed by atoms with E-state index in [9.17, 15) is 25.5 Å². The molecule has 0 amide bonds. The Morgan fingerprint density at radius 2 is 1.88 bits per heavy atom. The summed E-state index contributed by atoms with van der Waals surface area (Å²) in [6.07, 6.45) is -6.32. The first-order chi connectivity index (χ1) is 11.3. The summed E-state index contributed by atoms with van der Waals surface area (Å²) in [5.41, 5.74) is 0.801. The van der Waals surface area contributed by atoms with Gasteiger partial charge in [-0.3, -0.25) is 0 Å². The largest absolute Gasteiger partial charge is 0.504 e. The first-order valence-corrected chi connectivity index (χ1v) is 7.80. The number of ether oxygens (including phenoxy) is 2. The van der Waals surface area contributed by atoms with Crippen molar-refractivity contribution in [3.8, 4) is 11.5 Å². The lowest BCUT2D eigenvalue weighted by Gasteiger charge is -2.39. The van der Waals surface area contributed by atoms with E-state index in [1.165, 1.54) is 12.1 Å². The molecule has 0 saturated carbocycles. The minimum absolute atomic E-state index is 0.0279. The number of hydrogen-bond donors (Lipinski definition) is 6. The first-order valence-electron chi connectivity index (χ1n) is 7.80. The molecule has 2 rings (SSSR count). The smallest absolute Gasteiger partial charge is 0.229 e. The standard InChI is InChI=1S/C16H24O8/c1-8(18)2-3-9-4-5-11(10(19)6-9)23-16-15(22)14(21)13(20)12(7-17)24-16/h4-6,8,12-22H,2-3,7H2,1H3/t8?,12-,13-,14+,15-,16+/m1/s1. The van der Waals surface area contributed by atoms with Gasteiger partial charge in [-0.25, -0.2) is 0 Å². The SMILES string of the molecule is CC(O)CCc1ccc(O[C@H]2O[C@H](CO)[C@@H](O)[C@H](O)[C@H]2O)c(O)c1. The van der Waals surface area contributed by atoms with Crippen LogP contribution in [0.4, 0.5) is 0 Å². The summed E-state index contributed by atoms with van der Waals surface area (Å²) < 4.78 is 10.6. The monoisotopic (exact) mass is 344 g/mol. The molecule has 1 unspecified atom stereocenters. The fourth-order valence-electron chi connectivity index (χ4n) is 2.48. The lowest BCUT2D eigenvalue weighted by atomic mass is 9.99. The molecule has 1 aromatic rings. The molecule has 1 aliphatic rings. The highest BCUT2D eigenvalue weighted by Crippen LogP contribution is 2.31. The Kier molecular flexibility index (Phi) is 6.39. The van der Waals surface area contributed by atoms with Crippen LogP contribution < -0.4 is 4.74 Å². The molecule has 136 valence electrons. The van der Waals surface area contributed by atoms with E-state index in [4.69, 9.17) is 14.6 Å². The van der Waals surface area contributed by atoms with E-state index in [1.54, 1.807) is 13.0 Å². The van der Waals surface area contributed by atoms with Crippen LogP contribution in [-0.2, 0) is 11.2 Å². The molecule has 1 fully saturated rings. The van der Waals surface area contributed by atoms with E-state index in [0.717, 1.165) is 5.56 Å². The summed E-state index contributed by atoms with van der Waals surface area (Å²) in [6.45, 7) is 1.12. The van der Waals surface area contributed by atoms with E-state index in [-0.39, 0.29) is 11.5 Å². The Bertz CT molecular complexity index is 533. The summed E-state index contributed by atoms with van der Waals surface area (Å²) >= 11 is 0. The zero-order chi connectivity index (χ0) is 17.9. The van der Waals surface area contributed by atoms with E-state index >= 15 is 0 Å². The highest BCUT2D eigenvalue weighted by atomic mass is 16.7. The second-order valence-corrected chi connectivity index (χ2v) is 6.00. The van der Waals surface area contributed by atoms with Crippen molar-refractivity contribution in [2.24, 2.45) is 0 Å². The number of aromatic hydroxyl groups is 1. The average molecular weight is 344 g/mol. The van der Waals surface area contributed by atoms with Crippen molar-refractivity contribution in [2.75, 3.05) is 6.61 Å². The van der Waals surface area contributed by atoms with Crippen molar-refractivity contribution in [3.05, 3.63) is 23.8 Å². The van der Waals surface area contributed by atoms with Gasteiger partial charge in [-0.15, -0.1) is 0 Å². The Labute approximate surface area is 139 Å². The number of aliphatic hydroxyl groups is 5. The van der Waals surface area contributed by atoms with Crippen LogP contribution in [0.1, 0.15) is 18.9 Å². The molecule has 8 heteroatoms. The number of phenols is 1. The molecule has 24 heavy (non-hydrogen) atoms. The number of phenolic OH excluding ortho intramolecular Hbond substituents is 1. The van der Waals surface area contributed by atoms with Crippen LogP contribution in [0.25, 0.3) is 0 Å². The van der Waals surface area contributed by atoms with Crippen LogP contribution in [0.2, 0.25) is 0 Å². The van der Waals surface area contributed by atoms with Gasteiger partial charge in [-0.2, -0.15) is 0 Å². The average Bonchev–Trinajstić information content (AvgIpc) is 2.55. The van der Waals surface area contributed by atoms with Gasteiger partial charge in [0.2, 0.25) is 6.29 Å². The molecule has 0 aliphatic carbocycles. The third-order valence-electron chi connectivity index (χ3n) is 3.97. The van der Waals surface area contributed by atoms with Gasteiger partial charge in [0, 0.05) is 0 Å². The van der Waals surface area contributed by atoms with E-state index < -0.39 is 43.4 Å². The summed E-state index contributed by atoms with van der Waals surface area (Å²) in [5.74, 6) is -0.157. The maximum Gasteiger partial charge on any atom is 0.229 e. The minimum Gasteiger partial charge on any atom is -0.504 e. The van der Waals surface area contributed by atoms with Crippen LogP contribution >= 0.6 is 0 Å². The molecule has 0 radical (unpaired) electrons. The molecule has 1 aliphatic heterocycles. The number of aryl methyl sites for hydroxylation is 1. The van der Waals surface area contributed by atoms with Crippen LogP contribution in [-0.4, -0.2) is 74.1 Å². The summed E-state index contributed by atoms with van der Waals surface area (Å²) in [7, 11) is 0. The van der Waals surface area contributed by atoms with Gasteiger partial charge >= 0.3 is 0 Å². The van der Waals surface area contributed by atoms with Gasteiger partial charge in [0.15, 0.2) is 11.5 Å². The Morgan fingerprint density at radius 1 is 1.17 bits per heavy atom. The lowest BCUT2D eigenvalue weighted by Crippen LogP contribution is -2.60. The zero-order valence-corrected chi connectivity index (χ0v) is 13.3. The van der Waals surface area contributed by atoms with Crippen LogP contribution in [0, 0.1) is 0 Å². The molecule has 1 heterocycles. The summed E-state index contributed by atoms with van der Waals surface area (Å²) in [4.78, 5) is 0. The summed E-state index contributed by atoms with van der Waals surface area (Å²) in [5, 5.41) is 57.8. The predicted octanol–water partition coefficient (Wildman–Crippen LogP) is -1.12. The van der Waals surface area contributed by atoms with Crippen molar-refractivity contribution < 1.29 is 40.1 Å². The number of benzene rings is 1. The Hall–Kier alpha value is -1.42. The van der Waals surface area contributed by atoms with Crippen molar-refractivity contribution in [2.45, 2.75) is 56.6 Å². The third kappa shape index (κ3) is 4.35. The highest BCUT2D eigenvalue weighted by molar-refractivity contribution is 5.42. The topological polar surface area (TPSA) is 140 Å². The van der Waals surface area contributed by atoms with E-state index in [0.29, 0.717) is 12.8 Å². The van der Waals surface area contributed by atoms with Crippen molar-refractivity contribution >= 4 is 0 Å². The number of hydrogen-bond acceptors (Lipinski definition) is 8.